The highest BCUT2D eigenvalue weighted by atomic mass is 15.3. The molecule has 0 radical (unpaired) electrons. The van der Waals surface area contributed by atoms with Gasteiger partial charge < -0.3 is 10.6 Å². The fraction of sp³-hybridized carbons (Fsp3) is 0.571. The maximum absolute atomic E-state index is 4.50. The van der Waals surface area contributed by atoms with Crippen molar-refractivity contribution in [3.8, 4) is 5.95 Å². The Kier molecular flexibility index (Phi) is 3.48. The summed E-state index contributed by atoms with van der Waals surface area (Å²) in [6.07, 6.45) is 8.81. The fourth-order valence-corrected chi connectivity index (χ4v) is 2.78. The monoisotopic (exact) mass is 287 g/mol. The van der Waals surface area contributed by atoms with E-state index in [1.807, 2.05) is 6.20 Å². The van der Waals surface area contributed by atoms with Crippen molar-refractivity contribution in [2.24, 2.45) is 5.41 Å². The number of hydrogen-bond donors (Lipinski definition) is 2. The molecule has 1 aliphatic rings. The lowest BCUT2D eigenvalue weighted by Crippen LogP contribution is -2.31. The second kappa shape index (κ2) is 5.31. The molecule has 3 rings (SSSR count). The quantitative estimate of drug-likeness (QED) is 0.896. The highest BCUT2D eigenvalue weighted by molar-refractivity contribution is 5.38. The normalized spacial score (nSPS) is 20.4. The summed E-state index contributed by atoms with van der Waals surface area (Å²) in [7, 11) is 1.80. The summed E-state index contributed by atoms with van der Waals surface area (Å²) in [5.41, 5.74) is 0.265. The lowest BCUT2D eigenvalue weighted by molar-refractivity contribution is 0.348. The molecule has 112 valence electrons. The van der Waals surface area contributed by atoms with Gasteiger partial charge in [-0.3, -0.25) is 4.57 Å². The summed E-state index contributed by atoms with van der Waals surface area (Å²) in [6.45, 7) is 4.57. The van der Waals surface area contributed by atoms with Gasteiger partial charge in [0.25, 0.3) is 0 Å². The fourth-order valence-electron chi connectivity index (χ4n) is 2.78. The molecule has 0 aromatic carbocycles. The van der Waals surface area contributed by atoms with Gasteiger partial charge in [0.15, 0.2) is 0 Å². The van der Waals surface area contributed by atoms with Crippen molar-refractivity contribution in [1.82, 2.24) is 24.5 Å². The third kappa shape index (κ3) is 2.81. The average molecular weight is 287 g/mol. The lowest BCUT2D eigenvalue weighted by atomic mass is 9.87. The Morgan fingerprint density at radius 3 is 2.67 bits per heavy atom. The van der Waals surface area contributed by atoms with Crippen LogP contribution in [0.1, 0.15) is 33.1 Å². The van der Waals surface area contributed by atoms with Crippen molar-refractivity contribution in [3.63, 3.8) is 0 Å². The molecule has 2 aromatic heterocycles. The first-order chi connectivity index (χ1) is 10.1. The van der Waals surface area contributed by atoms with Crippen LogP contribution in [-0.4, -0.2) is 37.6 Å². The average Bonchev–Trinajstić information content (AvgIpc) is 3.09. The van der Waals surface area contributed by atoms with E-state index in [4.69, 9.17) is 0 Å². The third-order valence-corrected chi connectivity index (χ3v) is 4.14. The van der Waals surface area contributed by atoms with Crippen molar-refractivity contribution in [2.45, 2.75) is 39.2 Å². The molecule has 1 atom stereocenters. The minimum atomic E-state index is 0.265. The molecule has 7 heteroatoms. The van der Waals surface area contributed by atoms with Gasteiger partial charge >= 0.3 is 0 Å². The lowest BCUT2D eigenvalue weighted by Gasteiger charge is -2.27. The van der Waals surface area contributed by atoms with Crippen LogP contribution in [0.15, 0.2) is 18.7 Å². The summed E-state index contributed by atoms with van der Waals surface area (Å²) in [6, 6.07) is 0.389. The second-order valence-electron chi connectivity index (χ2n) is 6.08. The highest BCUT2D eigenvalue weighted by Crippen LogP contribution is 2.38. The van der Waals surface area contributed by atoms with Crippen molar-refractivity contribution in [1.29, 1.82) is 0 Å². The van der Waals surface area contributed by atoms with E-state index in [2.05, 4.69) is 44.4 Å². The van der Waals surface area contributed by atoms with Crippen LogP contribution in [0, 0.1) is 5.41 Å². The van der Waals surface area contributed by atoms with E-state index in [0.717, 1.165) is 6.42 Å². The van der Waals surface area contributed by atoms with Crippen LogP contribution in [0.25, 0.3) is 5.95 Å². The van der Waals surface area contributed by atoms with E-state index in [-0.39, 0.29) is 5.41 Å². The molecule has 2 aromatic rings. The van der Waals surface area contributed by atoms with Crippen molar-refractivity contribution in [2.75, 3.05) is 17.7 Å². The summed E-state index contributed by atoms with van der Waals surface area (Å²) >= 11 is 0. The number of hydrogen-bond acceptors (Lipinski definition) is 6. The van der Waals surface area contributed by atoms with E-state index in [1.54, 1.807) is 24.1 Å². The molecular formula is C14H21N7. The minimum Gasteiger partial charge on any atom is -0.357 e. The summed E-state index contributed by atoms with van der Waals surface area (Å²) in [4.78, 5) is 17.3. The van der Waals surface area contributed by atoms with Gasteiger partial charge in [-0.25, -0.2) is 4.98 Å². The van der Waals surface area contributed by atoms with Crippen LogP contribution in [0.3, 0.4) is 0 Å². The van der Waals surface area contributed by atoms with Gasteiger partial charge in [-0.2, -0.15) is 15.0 Å². The zero-order chi connectivity index (χ0) is 14.9. The van der Waals surface area contributed by atoms with Gasteiger partial charge in [0.2, 0.25) is 17.8 Å². The summed E-state index contributed by atoms with van der Waals surface area (Å²) in [5, 5.41) is 6.45. The van der Waals surface area contributed by atoms with Crippen LogP contribution in [0.2, 0.25) is 0 Å². The Balaban J connectivity index is 1.90. The van der Waals surface area contributed by atoms with Gasteiger partial charge in [0, 0.05) is 25.5 Å². The number of anilines is 2. The van der Waals surface area contributed by atoms with E-state index in [1.165, 1.54) is 12.8 Å². The first-order valence-corrected chi connectivity index (χ1v) is 7.27. The van der Waals surface area contributed by atoms with Crippen LogP contribution in [-0.2, 0) is 0 Å². The molecule has 1 aliphatic carbocycles. The predicted octanol–water partition coefficient (Wildman–Crippen LogP) is 2.09. The first-order valence-electron chi connectivity index (χ1n) is 7.27. The molecule has 0 bridgehead atoms. The van der Waals surface area contributed by atoms with E-state index < -0.39 is 0 Å². The van der Waals surface area contributed by atoms with Crippen LogP contribution in [0.4, 0.5) is 11.9 Å². The van der Waals surface area contributed by atoms with E-state index in [0.29, 0.717) is 23.9 Å². The summed E-state index contributed by atoms with van der Waals surface area (Å²) < 4.78 is 1.77. The number of aromatic nitrogens is 5. The van der Waals surface area contributed by atoms with Gasteiger partial charge in [0.05, 0.1) is 0 Å². The summed E-state index contributed by atoms with van der Waals surface area (Å²) in [5.74, 6) is 1.72. The van der Waals surface area contributed by atoms with Gasteiger partial charge in [-0.05, 0) is 18.3 Å². The molecule has 0 saturated heterocycles. The third-order valence-electron chi connectivity index (χ3n) is 4.14. The molecule has 1 unspecified atom stereocenters. The largest absolute Gasteiger partial charge is 0.357 e. The van der Waals surface area contributed by atoms with Gasteiger partial charge in [0.1, 0.15) is 6.33 Å². The Bertz CT molecular complexity index is 606. The van der Waals surface area contributed by atoms with Crippen molar-refractivity contribution < 1.29 is 0 Å². The number of imidazole rings is 1. The number of nitrogens with one attached hydrogen (secondary N) is 2. The molecule has 1 fully saturated rings. The maximum Gasteiger partial charge on any atom is 0.241 e. The van der Waals surface area contributed by atoms with E-state index in [9.17, 15) is 0 Å². The second-order valence-corrected chi connectivity index (χ2v) is 6.08. The van der Waals surface area contributed by atoms with Crippen molar-refractivity contribution in [3.05, 3.63) is 18.7 Å². The van der Waals surface area contributed by atoms with E-state index >= 15 is 0 Å². The molecule has 2 heterocycles. The number of nitrogens with zero attached hydrogens (tertiary/aromatic N) is 5. The standard InChI is InChI=1S/C14H21N7/c1-14(2)6-4-5-10(14)17-12-18-11(15-3)19-13(20-12)21-8-7-16-9-21/h7-10H,4-6H2,1-3H3,(H2,15,17,18,19,20). The molecule has 0 aliphatic heterocycles. The van der Waals surface area contributed by atoms with Crippen molar-refractivity contribution >= 4 is 11.9 Å². The van der Waals surface area contributed by atoms with Gasteiger partial charge in [-0.15, -0.1) is 0 Å². The smallest absolute Gasteiger partial charge is 0.241 e. The predicted molar refractivity (Wildman–Crippen MR) is 81.5 cm³/mol. The van der Waals surface area contributed by atoms with Crippen LogP contribution < -0.4 is 10.6 Å². The maximum atomic E-state index is 4.50. The molecule has 0 spiro atoms. The topological polar surface area (TPSA) is 80.5 Å². The highest BCUT2D eigenvalue weighted by Gasteiger charge is 2.34. The SMILES string of the molecule is CNc1nc(NC2CCCC2(C)C)nc(-n2ccnc2)n1. The molecular weight excluding hydrogens is 266 g/mol. The zero-order valence-corrected chi connectivity index (χ0v) is 12.7. The Labute approximate surface area is 124 Å². The molecule has 21 heavy (non-hydrogen) atoms. The van der Waals surface area contributed by atoms with Gasteiger partial charge in [-0.1, -0.05) is 20.3 Å². The number of rotatable bonds is 4. The Morgan fingerprint density at radius 2 is 2.05 bits per heavy atom. The zero-order valence-electron chi connectivity index (χ0n) is 12.7. The Morgan fingerprint density at radius 1 is 1.24 bits per heavy atom. The first kappa shape index (κ1) is 13.8. The molecule has 0 amide bonds. The molecule has 7 nitrogen and oxygen atoms in total. The Hall–Kier alpha value is -2.18. The van der Waals surface area contributed by atoms with Crippen LogP contribution >= 0.6 is 0 Å². The molecule has 1 saturated carbocycles. The molecule has 2 N–H and O–H groups in total. The van der Waals surface area contributed by atoms with Crippen LogP contribution in [0.5, 0.6) is 0 Å². The minimum absolute atomic E-state index is 0.265.